The lowest BCUT2D eigenvalue weighted by molar-refractivity contribution is -0.142. The van der Waals surface area contributed by atoms with E-state index in [4.69, 9.17) is 18.9 Å². The Bertz CT molecular complexity index is 489. The maximum atomic E-state index is 11.5. The Balaban J connectivity index is 3.06. The summed E-state index contributed by atoms with van der Waals surface area (Å²) in [6.45, 7) is 3.37. The molecule has 1 N–H and O–H groups in total. The zero-order valence-corrected chi connectivity index (χ0v) is 12.5. The lowest BCUT2D eigenvalue weighted by Crippen LogP contribution is -2.15. The summed E-state index contributed by atoms with van der Waals surface area (Å²) in [5.41, 5.74) is 1.03. The lowest BCUT2D eigenvalue weighted by atomic mass is 10.1. The Morgan fingerprint density at radius 1 is 1.10 bits per heavy atom. The Hall–Kier alpha value is -2.44. The van der Waals surface area contributed by atoms with Crippen LogP contribution in [0, 0.1) is 0 Å². The molecule has 21 heavy (non-hydrogen) atoms. The van der Waals surface area contributed by atoms with E-state index in [9.17, 15) is 9.59 Å². The SMILES string of the molecule is CCOC(=O)Nc1c(OC)cc(COC(C)=O)cc1OC. The Labute approximate surface area is 123 Å². The van der Waals surface area contributed by atoms with Gasteiger partial charge in [0.1, 0.15) is 23.8 Å². The van der Waals surface area contributed by atoms with Crippen molar-refractivity contribution in [2.75, 3.05) is 26.1 Å². The number of rotatable bonds is 6. The number of esters is 1. The van der Waals surface area contributed by atoms with E-state index in [1.54, 1.807) is 19.1 Å². The molecule has 1 aromatic carbocycles. The maximum absolute atomic E-state index is 11.5. The number of methoxy groups -OCH3 is 2. The van der Waals surface area contributed by atoms with Crippen molar-refractivity contribution >= 4 is 17.7 Å². The molecule has 0 fully saturated rings. The van der Waals surface area contributed by atoms with Gasteiger partial charge in [0, 0.05) is 6.92 Å². The number of ether oxygens (including phenoxy) is 4. The summed E-state index contributed by atoms with van der Waals surface area (Å²) < 4.78 is 20.2. The predicted molar refractivity (Wildman–Crippen MR) is 75.7 cm³/mol. The summed E-state index contributed by atoms with van der Waals surface area (Å²) >= 11 is 0. The zero-order chi connectivity index (χ0) is 15.8. The summed E-state index contributed by atoms with van der Waals surface area (Å²) in [6.07, 6.45) is -0.609. The predicted octanol–water partition coefficient (Wildman–Crippen LogP) is 2.34. The first-order valence-corrected chi connectivity index (χ1v) is 6.33. The molecular weight excluding hydrogens is 278 g/mol. The van der Waals surface area contributed by atoms with Crippen LogP contribution in [0.5, 0.6) is 11.5 Å². The topological polar surface area (TPSA) is 83.1 Å². The summed E-state index contributed by atoms with van der Waals surface area (Å²) in [4.78, 5) is 22.4. The highest BCUT2D eigenvalue weighted by molar-refractivity contribution is 5.89. The van der Waals surface area contributed by atoms with Crippen LogP contribution in [0.3, 0.4) is 0 Å². The van der Waals surface area contributed by atoms with Gasteiger partial charge in [-0.1, -0.05) is 0 Å². The largest absolute Gasteiger partial charge is 0.494 e. The van der Waals surface area contributed by atoms with Gasteiger partial charge in [0.25, 0.3) is 0 Å². The molecule has 0 aromatic heterocycles. The van der Waals surface area contributed by atoms with Gasteiger partial charge >= 0.3 is 12.1 Å². The third kappa shape index (κ3) is 4.87. The Morgan fingerprint density at radius 2 is 1.67 bits per heavy atom. The van der Waals surface area contributed by atoms with E-state index in [0.717, 1.165) is 0 Å². The van der Waals surface area contributed by atoms with Crippen molar-refractivity contribution in [1.82, 2.24) is 0 Å². The van der Waals surface area contributed by atoms with Gasteiger partial charge in [0.15, 0.2) is 0 Å². The van der Waals surface area contributed by atoms with Crippen molar-refractivity contribution in [3.05, 3.63) is 17.7 Å². The van der Waals surface area contributed by atoms with Crippen molar-refractivity contribution in [2.45, 2.75) is 20.5 Å². The minimum Gasteiger partial charge on any atom is -0.494 e. The molecule has 116 valence electrons. The van der Waals surface area contributed by atoms with Crippen LogP contribution in [0.4, 0.5) is 10.5 Å². The van der Waals surface area contributed by atoms with Gasteiger partial charge in [-0.05, 0) is 24.6 Å². The van der Waals surface area contributed by atoms with Crippen LogP contribution in [-0.2, 0) is 20.9 Å². The van der Waals surface area contributed by atoms with Crippen LogP contribution in [-0.4, -0.2) is 32.9 Å². The van der Waals surface area contributed by atoms with Gasteiger partial charge in [-0.15, -0.1) is 0 Å². The van der Waals surface area contributed by atoms with Gasteiger partial charge in [-0.3, -0.25) is 10.1 Å². The average Bonchev–Trinajstić information content (AvgIpc) is 2.45. The molecule has 0 spiro atoms. The fraction of sp³-hybridized carbons (Fsp3) is 0.429. The summed E-state index contributed by atoms with van der Waals surface area (Å²) in [5.74, 6) is 0.371. The highest BCUT2D eigenvalue weighted by Crippen LogP contribution is 2.36. The number of carbonyl (C=O) groups is 2. The van der Waals surface area contributed by atoms with E-state index >= 15 is 0 Å². The molecule has 7 nitrogen and oxygen atoms in total. The van der Waals surface area contributed by atoms with E-state index in [0.29, 0.717) is 22.7 Å². The van der Waals surface area contributed by atoms with Crippen molar-refractivity contribution in [3.8, 4) is 11.5 Å². The molecule has 1 amide bonds. The third-order valence-electron chi connectivity index (χ3n) is 2.51. The average molecular weight is 297 g/mol. The molecule has 0 bridgehead atoms. The number of hydrogen-bond donors (Lipinski definition) is 1. The number of amides is 1. The zero-order valence-electron chi connectivity index (χ0n) is 12.5. The molecule has 0 saturated carbocycles. The van der Waals surface area contributed by atoms with E-state index in [1.807, 2.05) is 0 Å². The second kappa shape index (κ2) is 7.98. The van der Waals surface area contributed by atoms with E-state index in [2.05, 4.69) is 5.32 Å². The van der Waals surface area contributed by atoms with Crippen LogP contribution >= 0.6 is 0 Å². The van der Waals surface area contributed by atoms with Gasteiger partial charge in [-0.25, -0.2) is 4.79 Å². The molecule has 0 heterocycles. The summed E-state index contributed by atoms with van der Waals surface area (Å²) in [6, 6.07) is 3.29. The minimum absolute atomic E-state index is 0.0851. The van der Waals surface area contributed by atoms with E-state index in [-0.39, 0.29) is 19.2 Å². The number of nitrogens with one attached hydrogen (secondary N) is 1. The van der Waals surface area contributed by atoms with Crippen LogP contribution in [0.15, 0.2) is 12.1 Å². The second-order valence-corrected chi connectivity index (χ2v) is 4.00. The molecule has 0 aliphatic carbocycles. The molecule has 0 aliphatic heterocycles. The summed E-state index contributed by atoms with van der Waals surface area (Å²) in [5, 5.41) is 2.56. The molecule has 0 radical (unpaired) electrons. The smallest absolute Gasteiger partial charge is 0.411 e. The number of carbonyl (C=O) groups excluding carboxylic acids is 2. The Morgan fingerprint density at radius 3 is 2.10 bits per heavy atom. The van der Waals surface area contributed by atoms with Crippen molar-refractivity contribution < 1.29 is 28.5 Å². The van der Waals surface area contributed by atoms with Crippen LogP contribution < -0.4 is 14.8 Å². The van der Waals surface area contributed by atoms with Crippen LogP contribution in [0.1, 0.15) is 19.4 Å². The molecule has 7 heteroatoms. The molecule has 1 aromatic rings. The molecular formula is C14H19NO6. The highest BCUT2D eigenvalue weighted by Gasteiger charge is 2.16. The Kier molecular flexibility index (Phi) is 6.32. The fourth-order valence-electron chi connectivity index (χ4n) is 1.63. The van der Waals surface area contributed by atoms with Crippen molar-refractivity contribution in [1.29, 1.82) is 0 Å². The first-order valence-electron chi connectivity index (χ1n) is 6.33. The maximum Gasteiger partial charge on any atom is 0.411 e. The minimum atomic E-state index is -0.609. The second-order valence-electron chi connectivity index (χ2n) is 4.00. The van der Waals surface area contributed by atoms with E-state index in [1.165, 1.54) is 21.1 Å². The molecule has 0 atom stereocenters. The lowest BCUT2D eigenvalue weighted by Gasteiger charge is -2.16. The van der Waals surface area contributed by atoms with Crippen LogP contribution in [0.2, 0.25) is 0 Å². The normalized spacial score (nSPS) is 9.71. The van der Waals surface area contributed by atoms with Crippen molar-refractivity contribution in [3.63, 3.8) is 0 Å². The standard InChI is InChI=1S/C14H19NO6/c1-5-20-14(17)15-13-11(18-3)6-10(7-12(13)19-4)8-21-9(2)16/h6-7H,5,8H2,1-4H3,(H,15,17). The molecule has 0 aliphatic rings. The number of hydrogen-bond acceptors (Lipinski definition) is 6. The number of benzene rings is 1. The van der Waals surface area contributed by atoms with Gasteiger partial charge in [-0.2, -0.15) is 0 Å². The van der Waals surface area contributed by atoms with E-state index < -0.39 is 6.09 Å². The number of anilines is 1. The molecule has 0 unspecified atom stereocenters. The quantitative estimate of drug-likeness (QED) is 0.811. The first kappa shape index (κ1) is 16.6. The first-order chi connectivity index (χ1) is 10.0. The van der Waals surface area contributed by atoms with Gasteiger partial charge < -0.3 is 18.9 Å². The summed E-state index contributed by atoms with van der Waals surface area (Å²) in [7, 11) is 2.92. The van der Waals surface area contributed by atoms with Crippen molar-refractivity contribution in [2.24, 2.45) is 0 Å². The fourth-order valence-corrected chi connectivity index (χ4v) is 1.63. The van der Waals surface area contributed by atoms with Gasteiger partial charge in [0.2, 0.25) is 0 Å². The molecule has 0 saturated heterocycles. The molecule has 1 rings (SSSR count). The van der Waals surface area contributed by atoms with Crippen LogP contribution in [0.25, 0.3) is 0 Å². The monoisotopic (exact) mass is 297 g/mol. The van der Waals surface area contributed by atoms with Gasteiger partial charge in [0.05, 0.1) is 20.8 Å². The third-order valence-corrected chi connectivity index (χ3v) is 2.51. The highest BCUT2D eigenvalue weighted by atomic mass is 16.5.